The van der Waals surface area contributed by atoms with E-state index in [-0.39, 0.29) is 10.7 Å². The van der Waals surface area contributed by atoms with Gasteiger partial charge in [-0.25, -0.2) is 9.78 Å². The second-order valence-corrected chi connectivity index (χ2v) is 5.65. The molecule has 0 saturated heterocycles. The summed E-state index contributed by atoms with van der Waals surface area (Å²) in [4.78, 5) is 28.0. The summed E-state index contributed by atoms with van der Waals surface area (Å²) in [6.45, 7) is 2.42. The van der Waals surface area contributed by atoms with Gasteiger partial charge in [0, 0.05) is 18.0 Å². The zero-order valence-electron chi connectivity index (χ0n) is 13.3. The number of anilines is 1. The molecular weight excluding hydrogens is 348 g/mol. The number of hydrogen-bond acceptors (Lipinski definition) is 6. The highest BCUT2D eigenvalue weighted by molar-refractivity contribution is 6.29. The van der Waals surface area contributed by atoms with Crippen molar-refractivity contribution >= 4 is 29.2 Å². The number of nitrogens with zero attached hydrogens (tertiary/aromatic N) is 1. The van der Waals surface area contributed by atoms with Crippen molar-refractivity contribution in [3.63, 3.8) is 0 Å². The molecule has 2 heterocycles. The third-order valence-electron chi connectivity index (χ3n) is 3.43. The highest BCUT2D eigenvalue weighted by Crippen LogP contribution is 2.32. The summed E-state index contributed by atoms with van der Waals surface area (Å²) in [7, 11) is 0. The zero-order valence-corrected chi connectivity index (χ0v) is 14.1. The molecule has 3 rings (SSSR count). The normalized spacial score (nSPS) is 13.7. The first-order chi connectivity index (χ1) is 12.0. The zero-order chi connectivity index (χ0) is 17.8. The molecule has 0 radical (unpaired) electrons. The van der Waals surface area contributed by atoms with Gasteiger partial charge in [0.05, 0.1) is 5.56 Å². The van der Waals surface area contributed by atoms with Crippen LogP contribution in [0.2, 0.25) is 5.15 Å². The first kappa shape index (κ1) is 17.0. The Kier molecular flexibility index (Phi) is 5.04. The van der Waals surface area contributed by atoms with E-state index in [0.717, 1.165) is 0 Å². The molecule has 0 aliphatic carbocycles. The van der Waals surface area contributed by atoms with E-state index in [1.165, 1.54) is 25.3 Å². The molecule has 0 spiro atoms. The Morgan fingerprint density at radius 3 is 2.72 bits per heavy atom. The van der Waals surface area contributed by atoms with E-state index >= 15 is 0 Å². The summed E-state index contributed by atoms with van der Waals surface area (Å²) in [5, 5.41) is 2.84. The lowest BCUT2D eigenvalue weighted by atomic mass is 10.2. The van der Waals surface area contributed by atoms with Gasteiger partial charge in [0.1, 0.15) is 18.4 Å². The van der Waals surface area contributed by atoms with Crippen molar-refractivity contribution in [3.8, 4) is 11.5 Å². The van der Waals surface area contributed by atoms with Gasteiger partial charge in [0.2, 0.25) is 0 Å². The molecule has 8 heteroatoms. The fraction of sp³-hybridized carbons (Fsp3) is 0.235. The topological polar surface area (TPSA) is 86.8 Å². The van der Waals surface area contributed by atoms with Gasteiger partial charge in [-0.2, -0.15) is 0 Å². The number of aromatic nitrogens is 1. The van der Waals surface area contributed by atoms with E-state index in [1.807, 2.05) is 0 Å². The lowest BCUT2D eigenvalue weighted by Crippen LogP contribution is -2.30. The number of halogens is 1. The van der Waals surface area contributed by atoms with Crippen molar-refractivity contribution < 1.29 is 23.8 Å². The first-order valence-electron chi connectivity index (χ1n) is 7.56. The van der Waals surface area contributed by atoms with Crippen LogP contribution in [0.15, 0.2) is 36.5 Å². The summed E-state index contributed by atoms with van der Waals surface area (Å²) in [5.74, 6) is 0.0534. The van der Waals surface area contributed by atoms with Gasteiger partial charge in [-0.3, -0.25) is 4.79 Å². The number of benzene rings is 1. The van der Waals surface area contributed by atoms with Crippen molar-refractivity contribution in [2.24, 2.45) is 0 Å². The Morgan fingerprint density at radius 2 is 1.96 bits per heavy atom. The number of esters is 1. The van der Waals surface area contributed by atoms with Crippen LogP contribution in [0.1, 0.15) is 17.3 Å². The molecule has 1 atom stereocenters. The molecule has 1 aromatic carbocycles. The van der Waals surface area contributed by atoms with Gasteiger partial charge < -0.3 is 19.5 Å². The highest BCUT2D eigenvalue weighted by atomic mass is 35.5. The van der Waals surface area contributed by atoms with E-state index in [1.54, 1.807) is 18.2 Å². The largest absolute Gasteiger partial charge is 0.486 e. The molecule has 1 aromatic heterocycles. The van der Waals surface area contributed by atoms with Crippen LogP contribution in [0.25, 0.3) is 0 Å². The molecule has 2 aromatic rings. The predicted octanol–water partition coefficient (Wildman–Crippen LogP) is 2.69. The third-order valence-corrected chi connectivity index (χ3v) is 3.63. The van der Waals surface area contributed by atoms with Crippen LogP contribution < -0.4 is 14.8 Å². The van der Waals surface area contributed by atoms with Crippen molar-refractivity contribution in [2.45, 2.75) is 13.0 Å². The minimum Gasteiger partial charge on any atom is -0.486 e. The highest BCUT2D eigenvalue weighted by Gasteiger charge is 2.20. The van der Waals surface area contributed by atoms with Crippen LogP contribution in [0.5, 0.6) is 11.5 Å². The smallest absolute Gasteiger partial charge is 0.339 e. The number of amides is 1. The Labute approximate surface area is 148 Å². The van der Waals surface area contributed by atoms with Crippen LogP contribution in [0, 0.1) is 0 Å². The molecule has 7 nitrogen and oxygen atoms in total. The minimum atomic E-state index is -0.993. The first-order valence-corrected chi connectivity index (χ1v) is 7.94. The quantitative estimate of drug-likeness (QED) is 0.664. The molecule has 130 valence electrons. The maximum atomic E-state index is 12.2. The number of hydrogen-bond donors (Lipinski definition) is 1. The summed E-state index contributed by atoms with van der Waals surface area (Å²) < 4.78 is 16.0. The maximum absolute atomic E-state index is 12.2. The van der Waals surface area contributed by atoms with Gasteiger partial charge in [-0.1, -0.05) is 11.6 Å². The van der Waals surface area contributed by atoms with Crippen molar-refractivity contribution in [3.05, 3.63) is 47.2 Å². The van der Waals surface area contributed by atoms with E-state index in [2.05, 4.69) is 10.3 Å². The Balaban J connectivity index is 1.62. The van der Waals surface area contributed by atoms with Crippen LogP contribution in [0.3, 0.4) is 0 Å². The van der Waals surface area contributed by atoms with E-state index in [4.69, 9.17) is 25.8 Å². The number of nitrogens with one attached hydrogen (secondary N) is 1. The molecule has 1 unspecified atom stereocenters. The van der Waals surface area contributed by atoms with E-state index < -0.39 is 18.0 Å². The molecule has 1 aliphatic rings. The number of carbonyl (C=O) groups is 2. The maximum Gasteiger partial charge on any atom is 0.339 e. The molecule has 1 amide bonds. The summed E-state index contributed by atoms with van der Waals surface area (Å²) in [6.07, 6.45) is 0.395. The third kappa shape index (κ3) is 4.19. The molecule has 25 heavy (non-hydrogen) atoms. The van der Waals surface area contributed by atoms with Gasteiger partial charge in [0.25, 0.3) is 5.91 Å². The minimum absolute atomic E-state index is 0.169. The molecule has 1 aliphatic heterocycles. The molecule has 0 bridgehead atoms. The monoisotopic (exact) mass is 362 g/mol. The van der Waals surface area contributed by atoms with Crippen LogP contribution in [-0.4, -0.2) is 36.2 Å². The summed E-state index contributed by atoms with van der Waals surface area (Å²) >= 11 is 5.73. The lowest BCUT2D eigenvalue weighted by molar-refractivity contribution is -0.123. The Bertz CT molecular complexity index is 811. The van der Waals surface area contributed by atoms with Crippen LogP contribution in [-0.2, 0) is 9.53 Å². The summed E-state index contributed by atoms with van der Waals surface area (Å²) in [6, 6.07) is 7.88. The average Bonchev–Trinajstić information content (AvgIpc) is 2.61. The summed E-state index contributed by atoms with van der Waals surface area (Å²) in [5.41, 5.74) is 0.739. The molecule has 0 fully saturated rings. The standard InChI is InChI=1S/C17H15ClN2O5/c1-10(25-17(22)11-4-5-19-15(18)8-11)16(21)20-12-2-3-13-14(9-12)24-7-6-23-13/h2-5,8-10H,6-7H2,1H3,(H,20,21). The van der Waals surface area contributed by atoms with Gasteiger partial charge in [0.15, 0.2) is 17.6 Å². The number of fused-ring (bicyclic) bond motifs is 1. The van der Waals surface area contributed by atoms with Gasteiger partial charge >= 0.3 is 5.97 Å². The molecule has 0 saturated carbocycles. The SMILES string of the molecule is CC(OC(=O)c1ccnc(Cl)c1)C(=O)Nc1ccc2c(c1)OCCO2. The fourth-order valence-corrected chi connectivity index (χ4v) is 2.35. The number of pyridine rings is 1. The Morgan fingerprint density at radius 1 is 1.20 bits per heavy atom. The lowest BCUT2D eigenvalue weighted by Gasteiger charge is -2.19. The number of carbonyl (C=O) groups excluding carboxylic acids is 2. The second kappa shape index (κ2) is 7.40. The van der Waals surface area contributed by atoms with Crippen LogP contribution >= 0.6 is 11.6 Å². The molecular formula is C17H15ClN2O5. The molecule has 1 N–H and O–H groups in total. The van der Waals surface area contributed by atoms with Gasteiger partial charge in [-0.15, -0.1) is 0 Å². The fourth-order valence-electron chi connectivity index (χ4n) is 2.18. The second-order valence-electron chi connectivity index (χ2n) is 5.26. The van der Waals surface area contributed by atoms with Gasteiger partial charge in [-0.05, 0) is 31.2 Å². The van der Waals surface area contributed by atoms with E-state index in [9.17, 15) is 9.59 Å². The van der Waals surface area contributed by atoms with Crippen molar-refractivity contribution in [1.29, 1.82) is 0 Å². The van der Waals surface area contributed by atoms with Crippen molar-refractivity contribution in [2.75, 3.05) is 18.5 Å². The number of rotatable bonds is 4. The average molecular weight is 363 g/mol. The Hall–Kier alpha value is -2.80. The van der Waals surface area contributed by atoms with Crippen LogP contribution in [0.4, 0.5) is 5.69 Å². The number of ether oxygens (including phenoxy) is 3. The van der Waals surface area contributed by atoms with Crippen molar-refractivity contribution in [1.82, 2.24) is 4.98 Å². The predicted molar refractivity (Wildman–Crippen MR) is 90.2 cm³/mol. The van der Waals surface area contributed by atoms with E-state index in [0.29, 0.717) is 30.4 Å².